The number of aromatic carboxylic acids is 1. The van der Waals surface area contributed by atoms with Crippen LogP contribution in [-0.4, -0.2) is 60.5 Å². The Morgan fingerprint density at radius 2 is 1.61 bits per heavy atom. The molecule has 1 fully saturated rings. The van der Waals surface area contributed by atoms with Gasteiger partial charge in [0.15, 0.2) is 0 Å². The fourth-order valence-electron chi connectivity index (χ4n) is 3.79. The Balaban J connectivity index is 1.56. The summed E-state index contributed by atoms with van der Waals surface area (Å²) in [5.41, 5.74) is 3.10. The third-order valence-electron chi connectivity index (χ3n) is 5.54. The highest BCUT2D eigenvalue weighted by atomic mass is 16.4. The molecule has 0 bridgehead atoms. The summed E-state index contributed by atoms with van der Waals surface area (Å²) in [6.45, 7) is 8.92. The first kappa shape index (κ1) is 24.3. The van der Waals surface area contributed by atoms with Gasteiger partial charge in [-0.1, -0.05) is 31.5 Å². The highest BCUT2D eigenvalue weighted by Crippen LogP contribution is 2.25. The van der Waals surface area contributed by atoms with E-state index >= 15 is 0 Å². The van der Waals surface area contributed by atoms with E-state index in [0.717, 1.165) is 16.9 Å². The van der Waals surface area contributed by atoms with Crippen molar-refractivity contribution >= 4 is 34.8 Å². The lowest BCUT2D eigenvalue weighted by Gasteiger charge is -2.36. The van der Waals surface area contributed by atoms with Gasteiger partial charge in [-0.15, -0.1) is 0 Å². The van der Waals surface area contributed by atoms with Crippen LogP contribution in [0.15, 0.2) is 42.5 Å². The van der Waals surface area contributed by atoms with Crippen molar-refractivity contribution in [2.24, 2.45) is 5.92 Å². The molecule has 8 nitrogen and oxygen atoms in total. The highest BCUT2D eigenvalue weighted by Gasteiger charge is 2.21. The number of benzene rings is 2. The van der Waals surface area contributed by atoms with Crippen LogP contribution >= 0.6 is 0 Å². The summed E-state index contributed by atoms with van der Waals surface area (Å²) >= 11 is 0. The van der Waals surface area contributed by atoms with Crippen molar-refractivity contribution in [2.75, 3.05) is 48.3 Å². The number of anilines is 3. The largest absolute Gasteiger partial charge is 0.478 e. The van der Waals surface area contributed by atoms with E-state index in [9.17, 15) is 19.5 Å². The van der Waals surface area contributed by atoms with Gasteiger partial charge in [-0.3, -0.25) is 14.5 Å². The number of aryl methyl sites for hydroxylation is 1. The van der Waals surface area contributed by atoms with Crippen molar-refractivity contribution in [3.05, 3.63) is 53.6 Å². The standard InChI is InChI=1S/C25H32N4O4/c1-17(2)14-23(30)27-22-9-8-20(15-21(22)25(32)33)29-12-10-28(11-13-29)16-24(31)26-19-6-4-18(3)5-7-19/h4-9,15,17H,10-14,16H2,1-3H3,(H,26,31)(H,27,30)(H,32,33). The van der Waals surface area contributed by atoms with Gasteiger partial charge in [-0.2, -0.15) is 0 Å². The molecule has 2 aromatic carbocycles. The van der Waals surface area contributed by atoms with Gasteiger partial charge in [0.1, 0.15) is 0 Å². The summed E-state index contributed by atoms with van der Waals surface area (Å²) in [5.74, 6) is -1.14. The van der Waals surface area contributed by atoms with Gasteiger partial charge in [0.25, 0.3) is 0 Å². The average molecular weight is 453 g/mol. The summed E-state index contributed by atoms with van der Waals surface area (Å²) in [4.78, 5) is 40.4. The van der Waals surface area contributed by atoms with Crippen LogP contribution in [0.4, 0.5) is 17.1 Å². The molecule has 0 atom stereocenters. The predicted molar refractivity (Wildman–Crippen MR) is 130 cm³/mol. The number of carboxylic acids is 1. The molecule has 3 N–H and O–H groups in total. The monoisotopic (exact) mass is 452 g/mol. The number of nitrogens with one attached hydrogen (secondary N) is 2. The molecule has 0 unspecified atom stereocenters. The van der Waals surface area contributed by atoms with Crippen LogP contribution in [0.1, 0.15) is 36.2 Å². The Labute approximate surface area is 194 Å². The van der Waals surface area contributed by atoms with Crippen LogP contribution in [0.2, 0.25) is 0 Å². The molecule has 1 aliphatic rings. The van der Waals surface area contributed by atoms with E-state index in [1.807, 2.05) is 51.1 Å². The number of carbonyl (C=O) groups excluding carboxylic acids is 2. The quantitative estimate of drug-likeness (QED) is 0.567. The van der Waals surface area contributed by atoms with Gasteiger partial charge in [-0.25, -0.2) is 4.79 Å². The van der Waals surface area contributed by atoms with Gasteiger partial charge in [-0.05, 0) is 43.2 Å². The number of nitrogens with zero attached hydrogens (tertiary/aromatic N) is 2. The molecule has 33 heavy (non-hydrogen) atoms. The molecule has 1 aliphatic heterocycles. The minimum Gasteiger partial charge on any atom is -0.478 e. The van der Waals surface area contributed by atoms with Crippen molar-refractivity contribution < 1.29 is 19.5 Å². The van der Waals surface area contributed by atoms with E-state index in [4.69, 9.17) is 0 Å². The molecule has 0 radical (unpaired) electrons. The zero-order chi connectivity index (χ0) is 24.0. The summed E-state index contributed by atoms with van der Waals surface area (Å²) in [7, 11) is 0. The van der Waals surface area contributed by atoms with Gasteiger partial charge in [0.05, 0.1) is 17.8 Å². The molecular formula is C25H32N4O4. The van der Waals surface area contributed by atoms with Crippen LogP contribution in [0.25, 0.3) is 0 Å². The third-order valence-corrected chi connectivity index (χ3v) is 5.54. The smallest absolute Gasteiger partial charge is 0.337 e. The van der Waals surface area contributed by atoms with E-state index in [0.29, 0.717) is 44.8 Å². The number of hydrogen-bond donors (Lipinski definition) is 3. The number of carbonyl (C=O) groups is 3. The molecule has 2 amide bonds. The zero-order valence-electron chi connectivity index (χ0n) is 19.4. The van der Waals surface area contributed by atoms with Crippen LogP contribution in [0.3, 0.4) is 0 Å². The highest BCUT2D eigenvalue weighted by molar-refractivity contribution is 6.01. The summed E-state index contributed by atoms with van der Waals surface area (Å²) in [5, 5.41) is 15.3. The predicted octanol–water partition coefficient (Wildman–Crippen LogP) is 3.44. The van der Waals surface area contributed by atoms with Crippen LogP contribution in [0, 0.1) is 12.8 Å². The molecule has 8 heteroatoms. The van der Waals surface area contributed by atoms with Crippen molar-refractivity contribution in [1.29, 1.82) is 0 Å². The number of piperazine rings is 1. The zero-order valence-corrected chi connectivity index (χ0v) is 19.4. The van der Waals surface area contributed by atoms with E-state index in [1.165, 1.54) is 0 Å². The van der Waals surface area contributed by atoms with E-state index in [2.05, 4.69) is 20.4 Å². The van der Waals surface area contributed by atoms with E-state index in [1.54, 1.807) is 12.1 Å². The van der Waals surface area contributed by atoms with Crippen LogP contribution in [0.5, 0.6) is 0 Å². The molecule has 2 aromatic rings. The van der Waals surface area contributed by atoms with Gasteiger partial charge in [0.2, 0.25) is 11.8 Å². The molecule has 3 rings (SSSR count). The third kappa shape index (κ3) is 7.05. The SMILES string of the molecule is Cc1ccc(NC(=O)CN2CCN(c3ccc(NC(=O)CC(C)C)c(C(=O)O)c3)CC2)cc1. The Kier molecular flexibility index (Phi) is 8.06. The fourth-order valence-corrected chi connectivity index (χ4v) is 3.79. The lowest BCUT2D eigenvalue weighted by molar-refractivity contribution is -0.118. The maximum atomic E-state index is 12.4. The Hall–Kier alpha value is -3.39. The Morgan fingerprint density at radius 1 is 0.939 bits per heavy atom. The normalized spacial score (nSPS) is 14.2. The second-order valence-corrected chi connectivity index (χ2v) is 8.86. The first-order valence-corrected chi connectivity index (χ1v) is 11.2. The molecule has 1 heterocycles. The second-order valence-electron chi connectivity index (χ2n) is 8.86. The van der Waals surface area contributed by atoms with Gasteiger partial charge >= 0.3 is 5.97 Å². The maximum Gasteiger partial charge on any atom is 0.337 e. The van der Waals surface area contributed by atoms with Gasteiger partial charge in [0, 0.05) is 44.0 Å². The number of hydrogen-bond acceptors (Lipinski definition) is 5. The maximum absolute atomic E-state index is 12.4. The van der Waals surface area contributed by atoms with E-state index < -0.39 is 5.97 Å². The molecule has 1 saturated heterocycles. The van der Waals surface area contributed by atoms with Gasteiger partial charge < -0.3 is 20.6 Å². The molecule has 0 aliphatic carbocycles. The molecule has 0 saturated carbocycles. The molecule has 0 spiro atoms. The first-order valence-electron chi connectivity index (χ1n) is 11.2. The minimum absolute atomic E-state index is 0.0537. The Bertz CT molecular complexity index is 996. The number of carboxylic acid groups (broad SMARTS) is 1. The van der Waals surface area contributed by atoms with E-state index in [-0.39, 0.29) is 23.3 Å². The fraction of sp³-hybridized carbons (Fsp3) is 0.400. The number of rotatable bonds is 8. The second kappa shape index (κ2) is 11.0. The summed E-state index contributed by atoms with van der Waals surface area (Å²) < 4.78 is 0. The summed E-state index contributed by atoms with van der Waals surface area (Å²) in [6, 6.07) is 12.8. The van der Waals surface area contributed by atoms with Crippen molar-refractivity contribution in [3.8, 4) is 0 Å². The molecular weight excluding hydrogens is 420 g/mol. The van der Waals surface area contributed by atoms with Crippen molar-refractivity contribution in [2.45, 2.75) is 27.2 Å². The Morgan fingerprint density at radius 3 is 2.21 bits per heavy atom. The topological polar surface area (TPSA) is 102 Å². The molecule has 176 valence electrons. The van der Waals surface area contributed by atoms with Crippen LogP contribution < -0.4 is 15.5 Å². The average Bonchev–Trinajstić information content (AvgIpc) is 2.75. The van der Waals surface area contributed by atoms with Crippen LogP contribution in [-0.2, 0) is 9.59 Å². The van der Waals surface area contributed by atoms with Crippen molar-refractivity contribution in [3.63, 3.8) is 0 Å². The molecule has 0 aromatic heterocycles. The lowest BCUT2D eigenvalue weighted by atomic mass is 10.1. The van der Waals surface area contributed by atoms with Crippen molar-refractivity contribution in [1.82, 2.24) is 4.90 Å². The minimum atomic E-state index is -1.08. The lowest BCUT2D eigenvalue weighted by Crippen LogP contribution is -2.48. The summed E-state index contributed by atoms with van der Waals surface area (Å²) in [6.07, 6.45) is 0.334. The first-order chi connectivity index (χ1) is 15.7. The number of amides is 2.